The van der Waals surface area contributed by atoms with Gasteiger partial charge in [0, 0.05) is 6.07 Å². The van der Waals surface area contributed by atoms with Gasteiger partial charge in [0.15, 0.2) is 6.61 Å². The van der Waals surface area contributed by atoms with Crippen molar-refractivity contribution in [1.29, 1.82) is 0 Å². The predicted molar refractivity (Wildman–Crippen MR) is 109 cm³/mol. The first-order chi connectivity index (χ1) is 13.2. The number of hydrogen-bond acceptors (Lipinski definition) is 4. The molecule has 0 aliphatic heterocycles. The number of fused-ring (bicyclic) bond motifs is 1. The lowest BCUT2D eigenvalue weighted by molar-refractivity contribution is -0.123. The minimum absolute atomic E-state index is 0.0594. The fraction of sp³-hybridized carbons (Fsp3) is 0.190. The van der Waals surface area contributed by atoms with Crippen LogP contribution in [0.4, 0.5) is 0 Å². The Kier molecular flexibility index (Phi) is 6.54. The Morgan fingerprint density at radius 2 is 1.81 bits per heavy atom. The number of amides is 1. The van der Waals surface area contributed by atoms with E-state index in [2.05, 4.69) is 21.2 Å². The normalized spacial score (nSPS) is 10.4. The van der Waals surface area contributed by atoms with E-state index < -0.39 is 0 Å². The highest BCUT2D eigenvalue weighted by Gasteiger charge is 2.08. The van der Waals surface area contributed by atoms with Crippen LogP contribution in [0.5, 0.6) is 17.2 Å². The van der Waals surface area contributed by atoms with Gasteiger partial charge in [-0.3, -0.25) is 4.79 Å². The molecular formula is C21H20BrNO4. The summed E-state index contributed by atoms with van der Waals surface area (Å²) in [6.45, 7) is 0.687. The Hall–Kier alpha value is -2.73. The summed E-state index contributed by atoms with van der Waals surface area (Å²) in [5, 5.41) is 4.92. The summed E-state index contributed by atoms with van der Waals surface area (Å²) < 4.78 is 17.2. The molecule has 3 aromatic carbocycles. The first-order valence-electron chi connectivity index (χ1n) is 8.51. The minimum Gasteiger partial charge on any atom is -0.497 e. The molecule has 1 amide bonds. The number of hydrogen-bond donors (Lipinski definition) is 1. The van der Waals surface area contributed by atoms with Crippen LogP contribution in [0, 0.1) is 0 Å². The molecule has 1 N–H and O–H groups in total. The number of carbonyl (C=O) groups excluding carboxylic acids is 1. The zero-order valence-corrected chi connectivity index (χ0v) is 16.5. The third-order valence-corrected chi connectivity index (χ3v) is 4.74. The van der Waals surface area contributed by atoms with E-state index in [-0.39, 0.29) is 12.5 Å². The lowest BCUT2D eigenvalue weighted by atomic mass is 10.1. The second kappa shape index (κ2) is 9.28. The second-order valence-electron chi connectivity index (χ2n) is 5.76. The lowest BCUT2D eigenvalue weighted by Crippen LogP contribution is -2.32. The molecule has 0 radical (unpaired) electrons. The van der Waals surface area contributed by atoms with E-state index in [1.54, 1.807) is 13.2 Å². The molecule has 3 rings (SSSR count). The van der Waals surface area contributed by atoms with Crippen LogP contribution in [0.15, 0.2) is 65.1 Å². The first-order valence-corrected chi connectivity index (χ1v) is 9.30. The average molecular weight is 430 g/mol. The largest absolute Gasteiger partial charge is 0.497 e. The van der Waals surface area contributed by atoms with Crippen LogP contribution in [0.3, 0.4) is 0 Å². The van der Waals surface area contributed by atoms with Crippen molar-refractivity contribution >= 4 is 32.6 Å². The van der Waals surface area contributed by atoms with E-state index in [0.717, 1.165) is 21.0 Å². The maximum Gasteiger partial charge on any atom is 0.258 e. The molecule has 0 aliphatic rings. The van der Waals surface area contributed by atoms with E-state index in [0.29, 0.717) is 24.7 Å². The van der Waals surface area contributed by atoms with Crippen LogP contribution in [0.2, 0.25) is 0 Å². The maximum atomic E-state index is 12.0. The molecule has 0 heterocycles. The third-order valence-electron chi connectivity index (χ3n) is 3.92. The zero-order chi connectivity index (χ0) is 19.1. The maximum absolute atomic E-state index is 12.0. The zero-order valence-electron chi connectivity index (χ0n) is 14.9. The molecule has 3 aromatic rings. The summed E-state index contributed by atoms with van der Waals surface area (Å²) in [4.78, 5) is 12.0. The molecule has 0 fully saturated rings. The Labute approximate surface area is 166 Å². The number of nitrogens with one attached hydrogen (secondary N) is 1. The van der Waals surface area contributed by atoms with Crippen LogP contribution in [0.1, 0.15) is 0 Å². The van der Waals surface area contributed by atoms with Gasteiger partial charge in [-0.2, -0.15) is 0 Å². The summed E-state index contributed by atoms with van der Waals surface area (Å²) in [6.07, 6.45) is 0. The number of benzene rings is 3. The minimum atomic E-state index is -0.204. The molecule has 0 saturated heterocycles. The molecule has 0 aliphatic carbocycles. The predicted octanol–water partition coefficient (Wildman–Crippen LogP) is 4.18. The van der Waals surface area contributed by atoms with Gasteiger partial charge >= 0.3 is 0 Å². The fourth-order valence-electron chi connectivity index (χ4n) is 2.57. The number of ether oxygens (including phenoxy) is 3. The number of rotatable bonds is 8. The molecule has 0 aromatic heterocycles. The Bertz CT molecular complexity index is 929. The van der Waals surface area contributed by atoms with E-state index >= 15 is 0 Å². The van der Waals surface area contributed by atoms with Crippen molar-refractivity contribution in [2.24, 2.45) is 0 Å². The first kappa shape index (κ1) is 19.0. The van der Waals surface area contributed by atoms with Crippen LogP contribution in [-0.2, 0) is 4.79 Å². The summed E-state index contributed by atoms with van der Waals surface area (Å²) in [5.41, 5.74) is 0. The molecule has 27 heavy (non-hydrogen) atoms. The summed E-state index contributed by atoms with van der Waals surface area (Å²) in [5.74, 6) is 1.85. The molecule has 0 unspecified atom stereocenters. The molecule has 0 spiro atoms. The van der Waals surface area contributed by atoms with E-state index in [1.165, 1.54) is 0 Å². The standard InChI is InChI=1S/C21H20BrNO4/c1-25-16-6-4-7-17(13-16)26-12-11-23-20(24)14-27-19-10-9-15-5-2-3-8-18(15)21(19)22/h2-10,13H,11-12,14H2,1H3,(H,23,24). The monoisotopic (exact) mass is 429 g/mol. The number of methoxy groups -OCH3 is 1. The van der Waals surface area contributed by atoms with Crippen molar-refractivity contribution in [3.63, 3.8) is 0 Å². The lowest BCUT2D eigenvalue weighted by Gasteiger charge is -2.11. The van der Waals surface area contributed by atoms with E-state index in [9.17, 15) is 4.79 Å². The van der Waals surface area contributed by atoms with Gasteiger partial charge in [-0.05, 0) is 44.9 Å². The van der Waals surface area contributed by atoms with Crippen LogP contribution >= 0.6 is 15.9 Å². The Morgan fingerprint density at radius 1 is 1.00 bits per heavy atom. The van der Waals surface area contributed by atoms with Crippen molar-refractivity contribution in [1.82, 2.24) is 5.32 Å². The van der Waals surface area contributed by atoms with Gasteiger partial charge in [0.05, 0.1) is 18.1 Å². The van der Waals surface area contributed by atoms with Crippen LogP contribution in [-0.4, -0.2) is 32.8 Å². The van der Waals surface area contributed by atoms with Crippen molar-refractivity contribution in [3.8, 4) is 17.2 Å². The van der Waals surface area contributed by atoms with Crippen molar-refractivity contribution in [3.05, 3.63) is 65.1 Å². The van der Waals surface area contributed by atoms with Gasteiger partial charge in [0.1, 0.15) is 23.9 Å². The van der Waals surface area contributed by atoms with Gasteiger partial charge < -0.3 is 19.5 Å². The molecule has 5 nitrogen and oxygen atoms in total. The highest BCUT2D eigenvalue weighted by molar-refractivity contribution is 9.10. The number of carbonyl (C=O) groups is 1. The smallest absolute Gasteiger partial charge is 0.258 e. The van der Waals surface area contributed by atoms with Gasteiger partial charge in [-0.25, -0.2) is 0 Å². The molecular weight excluding hydrogens is 410 g/mol. The topological polar surface area (TPSA) is 56.8 Å². The quantitative estimate of drug-likeness (QED) is 0.545. The summed E-state index contributed by atoms with van der Waals surface area (Å²) in [6, 6.07) is 19.1. The molecule has 0 atom stereocenters. The van der Waals surface area contributed by atoms with Gasteiger partial charge in [-0.15, -0.1) is 0 Å². The van der Waals surface area contributed by atoms with Gasteiger partial charge in [-0.1, -0.05) is 36.4 Å². The Balaban J connectivity index is 1.44. The van der Waals surface area contributed by atoms with Crippen molar-refractivity contribution in [2.45, 2.75) is 0 Å². The molecule has 6 heteroatoms. The molecule has 0 saturated carbocycles. The highest BCUT2D eigenvalue weighted by Crippen LogP contribution is 2.32. The summed E-state index contributed by atoms with van der Waals surface area (Å²) in [7, 11) is 1.60. The third kappa shape index (κ3) is 5.14. The SMILES string of the molecule is COc1cccc(OCCNC(=O)COc2ccc3ccccc3c2Br)c1. The number of halogens is 1. The molecule has 0 bridgehead atoms. The van der Waals surface area contributed by atoms with Gasteiger partial charge in [0.25, 0.3) is 5.91 Å². The average Bonchev–Trinajstić information content (AvgIpc) is 2.71. The highest BCUT2D eigenvalue weighted by atomic mass is 79.9. The van der Waals surface area contributed by atoms with Crippen molar-refractivity contribution < 1.29 is 19.0 Å². The summed E-state index contributed by atoms with van der Waals surface area (Å²) >= 11 is 3.55. The fourth-order valence-corrected chi connectivity index (χ4v) is 3.18. The molecule has 140 valence electrons. The van der Waals surface area contributed by atoms with Crippen LogP contribution in [0.25, 0.3) is 10.8 Å². The van der Waals surface area contributed by atoms with Gasteiger partial charge in [0.2, 0.25) is 0 Å². The van der Waals surface area contributed by atoms with Crippen molar-refractivity contribution in [2.75, 3.05) is 26.9 Å². The van der Waals surface area contributed by atoms with Crippen LogP contribution < -0.4 is 19.5 Å². The van der Waals surface area contributed by atoms with E-state index in [1.807, 2.05) is 54.6 Å². The Morgan fingerprint density at radius 3 is 2.67 bits per heavy atom. The van der Waals surface area contributed by atoms with E-state index in [4.69, 9.17) is 14.2 Å². The second-order valence-corrected chi connectivity index (χ2v) is 6.56.